The van der Waals surface area contributed by atoms with E-state index in [4.69, 9.17) is 5.11 Å². The Morgan fingerprint density at radius 1 is 1.44 bits per heavy atom. The maximum absolute atomic E-state index is 9.87. The van der Waals surface area contributed by atoms with E-state index >= 15 is 0 Å². The van der Waals surface area contributed by atoms with E-state index in [2.05, 4.69) is 6.92 Å². The van der Waals surface area contributed by atoms with E-state index in [0.717, 1.165) is 19.3 Å². The molecule has 2 nitrogen and oxygen atoms in total. The number of unbranched alkanes of at least 4 members (excludes halogenated alkanes) is 2. The van der Waals surface area contributed by atoms with Gasteiger partial charge in [0.25, 0.3) is 0 Å². The molecule has 59 valence electrons. The van der Waals surface area contributed by atoms with Gasteiger partial charge in [-0.1, -0.05) is 19.8 Å². The van der Waals surface area contributed by atoms with Gasteiger partial charge in [0.05, 0.1) is 0 Å². The second-order valence-electron chi connectivity index (χ2n) is 1.85. The zero-order valence-electron chi connectivity index (χ0n) is 5.49. The summed E-state index contributed by atoms with van der Waals surface area (Å²) in [6.07, 6.45) is 3.28. The molecule has 0 spiro atoms. The SMILES string of the molecule is CCCCCC(=O)O.[Au]. The molecule has 0 fully saturated rings. The molecule has 0 aromatic heterocycles. The predicted molar refractivity (Wildman–Crippen MR) is 31.8 cm³/mol. The number of rotatable bonds is 4. The predicted octanol–water partition coefficient (Wildman–Crippen LogP) is 1.65. The molecule has 3 heteroatoms. The fourth-order valence-electron chi connectivity index (χ4n) is 0.526. The Morgan fingerprint density at radius 2 is 2.00 bits per heavy atom. The summed E-state index contributed by atoms with van der Waals surface area (Å²) in [5.41, 5.74) is 0. The number of hydrogen-bond acceptors (Lipinski definition) is 1. The third-order valence-corrected chi connectivity index (χ3v) is 0.994. The first kappa shape index (κ1) is 11.9. The zero-order valence-corrected chi connectivity index (χ0v) is 7.65. The number of aliphatic carboxylic acids is 1. The molecule has 0 aliphatic carbocycles. The average Bonchev–Trinajstić information content (AvgIpc) is 1.66. The van der Waals surface area contributed by atoms with Gasteiger partial charge in [-0.15, -0.1) is 0 Å². The average molecular weight is 313 g/mol. The second-order valence-corrected chi connectivity index (χ2v) is 1.85. The van der Waals surface area contributed by atoms with Crippen LogP contribution in [0.5, 0.6) is 0 Å². The summed E-state index contributed by atoms with van der Waals surface area (Å²) in [5.74, 6) is -0.682. The van der Waals surface area contributed by atoms with Crippen LogP contribution in [0.15, 0.2) is 0 Å². The molecule has 1 radical (unpaired) electrons. The monoisotopic (exact) mass is 313 g/mol. The van der Waals surface area contributed by atoms with Crippen LogP contribution < -0.4 is 0 Å². The molecule has 0 aliphatic heterocycles. The standard InChI is InChI=1S/C6H12O2.Au/c1-2-3-4-5-6(7)8;/h2-5H2,1H3,(H,7,8);. The van der Waals surface area contributed by atoms with Gasteiger partial charge < -0.3 is 5.11 Å². The Morgan fingerprint density at radius 3 is 2.33 bits per heavy atom. The summed E-state index contributed by atoms with van der Waals surface area (Å²) in [6.45, 7) is 2.06. The van der Waals surface area contributed by atoms with Crippen LogP contribution in [0.1, 0.15) is 32.6 Å². The van der Waals surface area contributed by atoms with Crippen molar-refractivity contribution >= 4 is 5.97 Å². The summed E-state index contributed by atoms with van der Waals surface area (Å²) in [6, 6.07) is 0. The smallest absolute Gasteiger partial charge is 0.303 e. The first-order valence-corrected chi connectivity index (χ1v) is 2.99. The van der Waals surface area contributed by atoms with Crippen molar-refractivity contribution in [3.05, 3.63) is 0 Å². The molecule has 1 N–H and O–H groups in total. The Balaban J connectivity index is 0. The molecular weight excluding hydrogens is 301 g/mol. The van der Waals surface area contributed by atoms with Gasteiger partial charge in [-0.05, 0) is 6.42 Å². The third kappa shape index (κ3) is 11.7. The van der Waals surface area contributed by atoms with Crippen molar-refractivity contribution in [3.63, 3.8) is 0 Å². The van der Waals surface area contributed by atoms with Gasteiger partial charge in [0.1, 0.15) is 0 Å². The van der Waals surface area contributed by atoms with Crippen LogP contribution in [-0.4, -0.2) is 11.1 Å². The summed E-state index contributed by atoms with van der Waals surface area (Å²) >= 11 is 0. The number of carboxylic acids is 1. The first-order chi connectivity index (χ1) is 3.77. The molecule has 0 aliphatic rings. The summed E-state index contributed by atoms with van der Waals surface area (Å²) in [4.78, 5) is 9.87. The molecule has 0 bridgehead atoms. The van der Waals surface area contributed by atoms with E-state index in [9.17, 15) is 4.79 Å². The van der Waals surface area contributed by atoms with E-state index in [1.807, 2.05) is 0 Å². The molecule has 0 aromatic carbocycles. The molecule has 0 atom stereocenters. The van der Waals surface area contributed by atoms with Crippen molar-refractivity contribution in [1.82, 2.24) is 0 Å². The number of hydrogen-bond donors (Lipinski definition) is 1. The molecular formula is C6H12AuO2. The van der Waals surface area contributed by atoms with Gasteiger partial charge in [0.2, 0.25) is 0 Å². The molecule has 0 amide bonds. The third-order valence-electron chi connectivity index (χ3n) is 0.994. The normalized spacial score (nSPS) is 8.11. The molecule has 0 heterocycles. The fourth-order valence-corrected chi connectivity index (χ4v) is 0.526. The van der Waals surface area contributed by atoms with Gasteiger partial charge in [0, 0.05) is 28.8 Å². The van der Waals surface area contributed by atoms with E-state index < -0.39 is 5.97 Å². The molecule has 9 heavy (non-hydrogen) atoms. The van der Waals surface area contributed by atoms with Gasteiger partial charge >= 0.3 is 5.97 Å². The fraction of sp³-hybridized carbons (Fsp3) is 0.833. The molecule has 0 aromatic rings. The molecule has 0 unspecified atom stereocenters. The zero-order chi connectivity index (χ0) is 6.41. The van der Waals surface area contributed by atoms with Crippen molar-refractivity contribution in [2.45, 2.75) is 32.6 Å². The largest absolute Gasteiger partial charge is 0.481 e. The molecule has 0 rings (SSSR count). The van der Waals surface area contributed by atoms with E-state index in [1.165, 1.54) is 0 Å². The summed E-state index contributed by atoms with van der Waals surface area (Å²) in [7, 11) is 0. The Bertz CT molecular complexity index is 73.5. The van der Waals surface area contributed by atoms with E-state index in [-0.39, 0.29) is 22.4 Å². The summed E-state index contributed by atoms with van der Waals surface area (Å²) in [5, 5.41) is 8.14. The minimum atomic E-state index is -0.682. The van der Waals surface area contributed by atoms with E-state index in [1.54, 1.807) is 0 Å². The first-order valence-electron chi connectivity index (χ1n) is 2.99. The van der Waals surface area contributed by atoms with Crippen LogP contribution in [0.2, 0.25) is 0 Å². The van der Waals surface area contributed by atoms with Crippen molar-refractivity contribution in [2.24, 2.45) is 0 Å². The minimum absolute atomic E-state index is 0. The Hall–Kier alpha value is 0.210. The second kappa shape index (κ2) is 8.21. The Kier molecular flexibility index (Phi) is 10.9. The van der Waals surface area contributed by atoms with Crippen LogP contribution >= 0.6 is 0 Å². The van der Waals surface area contributed by atoms with Crippen molar-refractivity contribution < 1.29 is 32.3 Å². The van der Waals surface area contributed by atoms with Crippen molar-refractivity contribution in [3.8, 4) is 0 Å². The van der Waals surface area contributed by atoms with Crippen LogP contribution in [0.4, 0.5) is 0 Å². The van der Waals surface area contributed by atoms with Crippen LogP contribution in [0.25, 0.3) is 0 Å². The number of carbonyl (C=O) groups is 1. The Labute approximate surface area is 71.2 Å². The van der Waals surface area contributed by atoms with Crippen molar-refractivity contribution in [1.29, 1.82) is 0 Å². The summed E-state index contributed by atoms with van der Waals surface area (Å²) < 4.78 is 0. The molecule has 0 saturated carbocycles. The number of carboxylic acid groups (broad SMARTS) is 1. The topological polar surface area (TPSA) is 37.3 Å². The van der Waals surface area contributed by atoms with Crippen LogP contribution in [-0.2, 0) is 27.2 Å². The molecule has 0 saturated heterocycles. The van der Waals surface area contributed by atoms with Gasteiger partial charge in [-0.25, -0.2) is 0 Å². The maximum Gasteiger partial charge on any atom is 0.303 e. The van der Waals surface area contributed by atoms with Crippen molar-refractivity contribution in [2.75, 3.05) is 0 Å². The van der Waals surface area contributed by atoms with Gasteiger partial charge in [-0.2, -0.15) is 0 Å². The quantitative estimate of drug-likeness (QED) is 0.633. The minimum Gasteiger partial charge on any atom is -0.481 e. The van der Waals surface area contributed by atoms with Gasteiger partial charge in [-0.3, -0.25) is 4.79 Å². The van der Waals surface area contributed by atoms with Gasteiger partial charge in [0.15, 0.2) is 0 Å². The van der Waals surface area contributed by atoms with Crippen LogP contribution in [0.3, 0.4) is 0 Å². The van der Waals surface area contributed by atoms with E-state index in [0.29, 0.717) is 6.42 Å². The van der Waals surface area contributed by atoms with Crippen LogP contribution in [0, 0.1) is 0 Å². The maximum atomic E-state index is 9.87.